The van der Waals surface area contributed by atoms with Crippen LogP contribution in [0.25, 0.3) is 0 Å². The number of hydrogen-bond acceptors (Lipinski definition) is 4. The van der Waals surface area contributed by atoms with E-state index in [9.17, 15) is 9.59 Å². The molecule has 6 heteroatoms. The summed E-state index contributed by atoms with van der Waals surface area (Å²) >= 11 is 0. The van der Waals surface area contributed by atoms with Crippen molar-refractivity contribution in [2.45, 2.75) is 12.5 Å². The topological polar surface area (TPSA) is 107 Å². The number of amides is 1. The van der Waals surface area contributed by atoms with Gasteiger partial charge in [-0.05, 0) is 17.7 Å². The minimum atomic E-state index is -1.29. The Kier molecular flexibility index (Phi) is 4.47. The van der Waals surface area contributed by atoms with Crippen LogP contribution in [-0.2, 0) is 16.0 Å². The van der Waals surface area contributed by atoms with E-state index in [1.807, 2.05) is 0 Å². The third-order valence-corrected chi connectivity index (χ3v) is 2.12. The fraction of sp³-hybridized carbons (Fsp3) is 0.273. The van der Waals surface area contributed by atoms with Crippen molar-refractivity contribution in [3.63, 3.8) is 0 Å². The molecule has 1 amide bonds. The molecule has 0 heterocycles. The number of nitrogens with one attached hydrogen (secondary N) is 1. The number of carbonyl (C=O) groups is 2. The van der Waals surface area contributed by atoms with Crippen LogP contribution in [-0.4, -0.2) is 39.8 Å². The van der Waals surface area contributed by atoms with Gasteiger partial charge in [0.25, 0.3) is 0 Å². The fourth-order valence-corrected chi connectivity index (χ4v) is 1.23. The number of aliphatic carboxylic acids is 1. The van der Waals surface area contributed by atoms with Gasteiger partial charge in [-0.15, -0.1) is 0 Å². The number of carboxylic acid groups (broad SMARTS) is 1. The summed E-state index contributed by atoms with van der Waals surface area (Å²) in [6.07, 6.45) is -0.00986. The molecule has 4 N–H and O–H groups in total. The second-order valence-electron chi connectivity index (χ2n) is 3.48. The molecule has 0 bridgehead atoms. The maximum atomic E-state index is 11.4. The zero-order valence-corrected chi connectivity index (χ0v) is 8.96. The van der Waals surface area contributed by atoms with Gasteiger partial charge in [-0.3, -0.25) is 4.79 Å². The van der Waals surface area contributed by atoms with Crippen LogP contribution in [0.4, 0.5) is 0 Å². The molecule has 1 unspecified atom stereocenters. The van der Waals surface area contributed by atoms with Crippen molar-refractivity contribution < 1.29 is 24.9 Å². The average molecular weight is 239 g/mol. The molecular formula is C11H13NO5. The highest BCUT2D eigenvalue weighted by Crippen LogP contribution is 2.09. The van der Waals surface area contributed by atoms with Crippen molar-refractivity contribution in [3.05, 3.63) is 29.8 Å². The number of phenolic OH excluding ortho intramolecular Hbond substituents is 1. The molecule has 17 heavy (non-hydrogen) atoms. The van der Waals surface area contributed by atoms with Crippen LogP contribution in [0.3, 0.4) is 0 Å². The Morgan fingerprint density at radius 3 is 2.29 bits per heavy atom. The van der Waals surface area contributed by atoms with Crippen LogP contribution >= 0.6 is 0 Å². The first-order chi connectivity index (χ1) is 8.02. The fourth-order valence-electron chi connectivity index (χ4n) is 1.23. The predicted octanol–water partition coefficient (Wildman–Crippen LogP) is -0.504. The highest BCUT2D eigenvalue weighted by Gasteiger charge is 2.18. The Balaban J connectivity index is 2.54. The first kappa shape index (κ1) is 13.0. The molecule has 0 spiro atoms. The maximum absolute atomic E-state index is 11.4. The summed E-state index contributed by atoms with van der Waals surface area (Å²) in [7, 11) is 0. The Bertz CT molecular complexity index is 401. The molecule has 0 aliphatic rings. The van der Waals surface area contributed by atoms with Crippen molar-refractivity contribution >= 4 is 11.9 Å². The largest absolute Gasteiger partial charge is 0.508 e. The third kappa shape index (κ3) is 4.12. The third-order valence-electron chi connectivity index (χ3n) is 2.12. The first-order valence-corrected chi connectivity index (χ1v) is 4.94. The van der Waals surface area contributed by atoms with E-state index in [1.165, 1.54) is 12.1 Å². The number of benzene rings is 1. The first-order valence-electron chi connectivity index (χ1n) is 4.94. The van der Waals surface area contributed by atoms with Gasteiger partial charge in [-0.2, -0.15) is 0 Å². The van der Waals surface area contributed by atoms with Gasteiger partial charge in [0.1, 0.15) is 11.8 Å². The number of rotatable bonds is 5. The Hall–Kier alpha value is -2.08. The van der Waals surface area contributed by atoms with E-state index >= 15 is 0 Å². The van der Waals surface area contributed by atoms with Gasteiger partial charge < -0.3 is 20.6 Å². The molecule has 6 nitrogen and oxygen atoms in total. The molecule has 0 fully saturated rings. The molecule has 0 saturated carbocycles. The Morgan fingerprint density at radius 1 is 1.24 bits per heavy atom. The molecule has 1 aromatic carbocycles. The lowest BCUT2D eigenvalue weighted by Crippen LogP contribution is -2.43. The molecule has 1 aromatic rings. The maximum Gasteiger partial charge on any atom is 0.328 e. The standard InChI is InChI=1S/C11H13NO5/c13-6-9(11(16)17)12-10(15)5-7-1-3-8(14)4-2-7/h1-4,9,13-14H,5-6H2,(H,12,15)(H,16,17). The van der Waals surface area contributed by atoms with Crippen molar-refractivity contribution in [2.75, 3.05) is 6.61 Å². The second-order valence-corrected chi connectivity index (χ2v) is 3.48. The average Bonchev–Trinajstić information content (AvgIpc) is 2.28. The molecule has 0 aliphatic carbocycles. The lowest BCUT2D eigenvalue weighted by molar-refractivity contribution is -0.142. The van der Waals surface area contributed by atoms with Gasteiger partial charge >= 0.3 is 5.97 Å². The smallest absolute Gasteiger partial charge is 0.328 e. The second kappa shape index (κ2) is 5.86. The number of phenols is 1. The van der Waals surface area contributed by atoms with Crippen LogP contribution in [0.2, 0.25) is 0 Å². The number of hydrogen-bond donors (Lipinski definition) is 4. The van der Waals surface area contributed by atoms with Crippen molar-refractivity contribution in [1.29, 1.82) is 0 Å². The summed E-state index contributed by atoms with van der Waals surface area (Å²) in [6.45, 7) is -0.656. The van der Waals surface area contributed by atoms with E-state index in [4.69, 9.17) is 15.3 Å². The van der Waals surface area contributed by atoms with E-state index in [-0.39, 0.29) is 12.2 Å². The van der Waals surface area contributed by atoms with Gasteiger partial charge in [0.05, 0.1) is 13.0 Å². The molecule has 1 atom stereocenters. The minimum absolute atomic E-state index is 0.00986. The predicted molar refractivity (Wildman–Crippen MR) is 58.5 cm³/mol. The van der Waals surface area contributed by atoms with Crippen LogP contribution in [0, 0.1) is 0 Å². The summed E-state index contributed by atoms with van der Waals surface area (Å²) in [5, 5.41) is 28.6. The molecule has 0 aliphatic heterocycles. The minimum Gasteiger partial charge on any atom is -0.508 e. The zero-order chi connectivity index (χ0) is 12.8. The van der Waals surface area contributed by atoms with E-state index in [1.54, 1.807) is 12.1 Å². The van der Waals surface area contributed by atoms with Gasteiger partial charge in [0.15, 0.2) is 0 Å². The summed E-state index contributed by atoms with van der Waals surface area (Å²) < 4.78 is 0. The number of aromatic hydroxyl groups is 1. The van der Waals surface area contributed by atoms with E-state index in [0.717, 1.165) is 0 Å². The van der Waals surface area contributed by atoms with E-state index < -0.39 is 24.5 Å². The summed E-state index contributed by atoms with van der Waals surface area (Å²) in [6, 6.07) is 4.69. The van der Waals surface area contributed by atoms with Crippen molar-refractivity contribution in [2.24, 2.45) is 0 Å². The summed E-state index contributed by atoms with van der Waals surface area (Å²) in [5.41, 5.74) is 0.641. The molecule has 0 saturated heterocycles. The Morgan fingerprint density at radius 2 is 1.82 bits per heavy atom. The normalized spacial score (nSPS) is 11.8. The van der Waals surface area contributed by atoms with Crippen LogP contribution in [0.5, 0.6) is 5.75 Å². The molecule has 1 rings (SSSR count). The van der Waals surface area contributed by atoms with Gasteiger partial charge in [-0.1, -0.05) is 12.1 Å². The van der Waals surface area contributed by atoms with Crippen LogP contribution < -0.4 is 5.32 Å². The molecule has 0 aromatic heterocycles. The molecule has 0 radical (unpaired) electrons. The zero-order valence-electron chi connectivity index (χ0n) is 8.96. The van der Waals surface area contributed by atoms with E-state index in [2.05, 4.69) is 5.32 Å². The monoisotopic (exact) mass is 239 g/mol. The van der Waals surface area contributed by atoms with E-state index in [0.29, 0.717) is 5.56 Å². The number of carbonyl (C=O) groups excluding carboxylic acids is 1. The van der Waals surface area contributed by atoms with Gasteiger partial charge in [0, 0.05) is 0 Å². The Labute approximate surface area is 97.5 Å². The van der Waals surface area contributed by atoms with Gasteiger partial charge in [-0.25, -0.2) is 4.79 Å². The van der Waals surface area contributed by atoms with Gasteiger partial charge in [0.2, 0.25) is 5.91 Å². The van der Waals surface area contributed by atoms with Crippen molar-refractivity contribution in [3.8, 4) is 5.75 Å². The molecular weight excluding hydrogens is 226 g/mol. The highest BCUT2D eigenvalue weighted by atomic mass is 16.4. The van der Waals surface area contributed by atoms with Crippen LogP contribution in [0.1, 0.15) is 5.56 Å². The molecule has 92 valence electrons. The summed E-state index contributed by atoms with van der Waals surface area (Å²) in [5.74, 6) is -1.70. The SMILES string of the molecule is O=C(Cc1ccc(O)cc1)NC(CO)C(=O)O. The summed E-state index contributed by atoms with van der Waals surface area (Å²) in [4.78, 5) is 22.0. The van der Waals surface area contributed by atoms with Crippen LogP contribution in [0.15, 0.2) is 24.3 Å². The quantitative estimate of drug-likeness (QED) is 0.554. The lowest BCUT2D eigenvalue weighted by Gasteiger charge is -2.11. The highest BCUT2D eigenvalue weighted by molar-refractivity contribution is 5.84. The number of aliphatic hydroxyl groups is 1. The number of aliphatic hydroxyl groups excluding tert-OH is 1. The van der Waals surface area contributed by atoms with Crippen molar-refractivity contribution in [1.82, 2.24) is 5.32 Å². The number of carboxylic acids is 1. The lowest BCUT2D eigenvalue weighted by atomic mass is 10.1.